The highest BCUT2D eigenvalue weighted by molar-refractivity contribution is 5.96. The number of carbonyl (C=O) groups is 1. The van der Waals surface area contributed by atoms with Crippen molar-refractivity contribution >= 4 is 22.6 Å². The molecule has 0 saturated heterocycles. The summed E-state index contributed by atoms with van der Waals surface area (Å²) in [5, 5.41) is 11.4. The van der Waals surface area contributed by atoms with Gasteiger partial charge >= 0.3 is 5.97 Å². The molecule has 4 heteroatoms. The number of carboxylic acid groups (broad SMARTS) is 1. The van der Waals surface area contributed by atoms with Crippen LogP contribution in [0.3, 0.4) is 0 Å². The molecule has 98 valence electrons. The molecule has 4 nitrogen and oxygen atoms in total. The number of benzene rings is 2. The van der Waals surface area contributed by atoms with Crippen molar-refractivity contribution in [3.63, 3.8) is 0 Å². The van der Waals surface area contributed by atoms with Crippen molar-refractivity contribution in [2.24, 2.45) is 0 Å². The number of nitrogens with zero attached hydrogens (tertiary/aromatic N) is 1. The smallest absolute Gasteiger partial charge is 0.355 e. The molecule has 0 radical (unpaired) electrons. The lowest BCUT2D eigenvalue weighted by Gasteiger charge is -2.07. The minimum Gasteiger partial charge on any atom is -0.476 e. The second-order valence-corrected chi connectivity index (χ2v) is 4.50. The number of carboxylic acids is 1. The van der Waals surface area contributed by atoms with Gasteiger partial charge in [0, 0.05) is 5.56 Å². The van der Waals surface area contributed by atoms with E-state index in [9.17, 15) is 9.90 Å². The lowest BCUT2D eigenvalue weighted by Crippen LogP contribution is -2.05. The van der Waals surface area contributed by atoms with E-state index < -0.39 is 5.97 Å². The molecule has 0 aliphatic rings. The Bertz CT molecular complexity index is 812. The Morgan fingerprint density at radius 3 is 2.50 bits per heavy atom. The number of aromatic nitrogens is 1. The van der Waals surface area contributed by atoms with Gasteiger partial charge in [-0.05, 0) is 34.5 Å². The average Bonchev–Trinajstić information content (AvgIpc) is 2.46. The fraction of sp³-hybridized carbons (Fsp3) is 0. The van der Waals surface area contributed by atoms with E-state index in [0.717, 1.165) is 16.3 Å². The summed E-state index contributed by atoms with van der Waals surface area (Å²) in [6.45, 7) is 0. The number of rotatable bonds is 2. The van der Waals surface area contributed by atoms with Gasteiger partial charge in [0.2, 0.25) is 0 Å². The summed E-state index contributed by atoms with van der Waals surface area (Å²) in [5.41, 5.74) is 6.91. The van der Waals surface area contributed by atoms with E-state index in [0.29, 0.717) is 5.56 Å². The second kappa shape index (κ2) is 4.66. The molecule has 3 rings (SSSR count). The molecule has 3 N–H and O–H groups in total. The third-order valence-corrected chi connectivity index (χ3v) is 3.18. The minimum absolute atomic E-state index is 0.0275. The van der Waals surface area contributed by atoms with Crippen LogP contribution in [-0.4, -0.2) is 16.1 Å². The van der Waals surface area contributed by atoms with E-state index in [2.05, 4.69) is 4.98 Å². The van der Waals surface area contributed by atoms with E-state index >= 15 is 0 Å². The Hall–Kier alpha value is -2.88. The van der Waals surface area contributed by atoms with Crippen LogP contribution in [0.2, 0.25) is 0 Å². The summed E-state index contributed by atoms with van der Waals surface area (Å²) in [6.07, 6.45) is 0. The predicted molar refractivity (Wildman–Crippen MR) is 78.6 cm³/mol. The summed E-state index contributed by atoms with van der Waals surface area (Å²) in [4.78, 5) is 15.2. The van der Waals surface area contributed by atoms with E-state index in [4.69, 9.17) is 5.73 Å². The van der Waals surface area contributed by atoms with Crippen LogP contribution in [0.15, 0.2) is 54.6 Å². The van der Waals surface area contributed by atoms with Gasteiger partial charge in [0.25, 0.3) is 0 Å². The molecule has 0 saturated carbocycles. The molecule has 0 spiro atoms. The number of hydrogen-bond donors (Lipinski definition) is 2. The maximum Gasteiger partial charge on any atom is 0.355 e. The highest BCUT2D eigenvalue weighted by Gasteiger charge is 2.14. The van der Waals surface area contributed by atoms with Crippen LogP contribution < -0.4 is 5.73 Å². The van der Waals surface area contributed by atoms with Crippen LogP contribution in [0.4, 0.5) is 5.82 Å². The number of nitrogen functional groups attached to an aromatic ring is 1. The van der Waals surface area contributed by atoms with Gasteiger partial charge in [-0.1, -0.05) is 36.4 Å². The van der Waals surface area contributed by atoms with Crippen molar-refractivity contribution in [3.05, 3.63) is 60.3 Å². The molecule has 1 heterocycles. The molecule has 0 aliphatic heterocycles. The third-order valence-electron chi connectivity index (χ3n) is 3.18. The zero-order valence-corrected chi connectivity index (χ0v) is 10.6. The van der Waals surface area contributed by atoms with Crippen molar-refractivity contribution in [2.75, 3.05) is 5.73 Å². The number of hydrogen-bond acceptors (Lipinski definition) is 3. The van der Waals surface area contributed by atoms with Crippen molar-refractivity contribution in [2.45, 2.75) is 0 Å². The molecule has 1 aromatic heterocycles. The van der Waals surface area contributed by atoms with Crippen LogP contribution in [0.1, 0.15) is 10.5 Å². The molecule has 2 aromatic carbocycles. The number of aromatic carboxylic acids is 1. The molecular weight excluding hydrogens is 252 g/mol. The number of pyridine rings is 1. The van der Waals surface area contributed by atoms with Crippen molar-refractivity contribution in [3.8, 4) is 11.1 Å². The first-order valence-corrected chi connectivity index (χ1v) is 6.14. The van der Waals surface area contributed by atoms with Crippen LogP contribution >= 0.6 is 0 Å². The Labute approximate surface area is 115 Å². The van der Waals surface area contributed by atoms with Gasteiger partial charge in [-0.3, -0.25) is 0 Å². The summed E-state index contributed by atoms with van der Waals surface area (Å²) in [7, 11) is 0. The molecule has 0 aliphatic carbocycles. The lowest BCUT2D eigenvalue weighted by atomic mass is 10.00. The standard InChI is InChI=1S/C16H12N2O2/c17-14-8-7-13(15(18-14)16(19)20)12-6-5-10-3-1-2-4-11(10)9-12/h1-9H,(H2,17,18)(H,19,20). The van der Waals surface area contributed by atoms with Crippen LogP contribution in [0, 0.1) is 0 Å². The van der Waals surface area contributed by atoms with Gasteiger partial charge in [0.1, 0.15) is 5.82 Å². The van der Waals surface area contributed by atoms with Crippen LogP contribution in [0.25, 0.3) is 21.9 Å². The predicted octanol–water partition coefficient (Wildman–Crippen LogP) is 3.18. The molecule has 0 amide bonds. The zero-order valence-electron chi connectivity index (χ0n) is 10.6. The summed E-state index contributed by atoms with van der Waals surface area (Å²) in [5.74, 6) is -0.882. The van der Waals surface area contributed by atoms with Crippen molar-refractivity contribution < 1.29 is 9.90 Å². The first-order valence-electron chi connectivity index (χ1n) is 6.14. The van der Waals surface area contributed by atoms with Gasteiger partial charge in [0.05, 0.1) is 0 Å². The van der Waals surface area contributed by atoms with E-state index in [1.807, 2.05) is 42.5 Å². The summed E-state index contributed by atoms with van der Waals surface area (Å²) >= 11 is 0. The van der Waals surface area contributed by atoms with Gasteiger partial charge in [-0.15, -0.1) is 0 Å². The first kappa shape index (κ1) is 12.2. The summed E-state index contributed by atoms with van der Waals surface area (Å²) < 4.78 is 0. The van der Waals surface area contributed by atoms with E-state index in [1.54, 1.807) is 12.1 Å². The van der Waals surface area contributed by atoms with E-state index in [-0.39, 0.29) is 11.5 Å². The molecule has 3 aromatic rings. The maximum absolute atomic E-state index is 11.3. The number of fused-ring (bicyclic) bond motifs is 1. The van der Waals surface area contributed by atoms with Gasteiger partial charge in [-0.2, -0.15) is 0 Å². The number of nitrogens with two attached hydrogens (primary N) is 1. The largest absolute Gasteiger partial charge is 0.476 e. The average molecular weight is 264 g/mol. The van der Waals surface area contributed by atoms with Gasteiger partial charge in [-0.25, -0.2) is 9.78 Å². The maximum atomic E-state index is 11.3. The Morgan fingerprint density at radius 2 is 1.75 bits per heavy atom. The lowest BCUT2D eigenvalue weighted by molar-refractivity contribution is 0.0691. The third kappa shape index (κ3) is 2.07. The Kier molecular flexibility index (Phi) is 2.84. The Balaban J connectivity index is 2.22. The SMILES string of the molecule is Nc1ccc(-c2ccc3ccccc3c2)c(C(=O)O)n1. The van der Waals surface area contributed by atoms with Crippen LogP contribution in [-0.2, 0) is 0 Å². The van der Waals surface area contributed by atoms with Crippen molar-refractivity contribution in [1.29, 1.82) is 0 Å². The Morgan fingerprint density at radius 1 is 1.00 bits per heavy atom. The quantitative estimate of drug-likeness (QED) is 0.745. The fourth-order valence-corrected chi connectivity index (χ4v) is 2.23. The zero-order chi connectivity index (χ0) is 14.1. The summed E-state index contributed by atoms with van der Waals surface area (Å²) in [6, 6.07) is 17.0. The monoisotopic (exact) mass is 264 g/mol. The topological polar surface area (TPSA) is 76.2 Å². The van der Waals surface area contributed by atoms with Gasteiger partial charge < -0.3 is 10.8 Å². The number of anilines is 1. The van der Waals surface area contributed by atoms with Gasteiger partial charge in [0.15, 0.2) is 5.69 Å². The molecule has 0 atom stereocenters. The molecule has 0 bridgehead atoms. The normalized spacial score (nSPS) is 10.6. The molecular formula is C16H12N2O2. The second-order valence-electron chi connectivity index (χ2n) is 4.50. The van der Waals surface area contributed by atoms with E-state index in [1.165, 1.54) is 0 Å². The van der Waals surface area contributed by atoms with Crippen LogP contribution in [0.5, 0.6) is 0 Å². The molecule has 20 heavy (non-hydrogen) atoms. The molecule has 0 fully saturated rings. The fourth-order valence-electron chi connectivity index (χ4n) is 2.23. The highest BCUT2D eigenvalue weighted by atomic mass is 16.4. The minimum atomic E-state index is -1.08. The van der Waals surface area contributed by atoms with Crippen molar-refractivity contribution in [1.82, 2.24) is 4.98 Å². The molecule has 0 unspecified atom stereocenters. The highest BCUT2D eigenvalue weighted by Crippen LogP contribution is 2.27. The first-order chi connectivity index (χ1) is 9.65.